The number of rotatable bonds is 4. The highest BCUT2D eigenvalue weighted by molar-refractivity contribution is 9.10. The van der Waals surface area contributed by atoms with Crippen LogP contribution < -0.4 is 4.74 Å². The number of ether oxygens (including phenoxy) is 1. The number of nitro groups is 1. The normalized spacial score (nSPS) is 10.5. The van der Waals surface area contributed by atoms with E-state index in [-0.39, 0.29) is 16.8 Å². The van der Waals surface area contributed by atoms with Crippen LogP contribution in [0, 0.1) is 27.6 Å². The van der Waals surface area contributed by atoms with E-state index >= 15 is 0 Å². The Balaban J connectivity index is 2.18. The molecular weight excluding hydrogens is 355 g/mol. The maximum absolute atomic E-state index is 13.5. The number of hydrogen-bond donors (Lipinski definition) is 0. The van der Waals surface area contributed by atoms with E-state index in [2.05, 4.69) is 15.9 Å². The van der Waals surface area contributed by atoms with Crippen molar-refractivity contribution in [2.75, 3.05) is 0 Å². The fourth-order valence-electron chi connectivity index (χ4n) is 1.56. The Labute approximate surface area is 125 Å². The molecule has 0 aromatic heterocycles. The first-order valence-electron chi connectivity index (χ1n) is 5.58. The molecule has 0 unspecified atom stereocenters. The molecule has 110 valence electrons. The van der Waals surface area contributed by atoms with Crippen LogP contribution in [-0.2, 0) is 6.61 Å². The van der Waals surface area contributed by atoms with Crippen molar-refractivity contribution >= 4 is 21.6 Å². The highest BCUT2D eigenvalue weighted by Gasteiger charge is 2.18. The van der Waals surface area contributed by atoms with Gasteiger partial charge in [0, 0.05) is 12.1 Å². The van der Waals surface area contributed by atoms with Gasteiger partial charge in [0.15, 0.2) is 11.6 Å². The monoisotopic (exact) mass is 361 g/mol. The summed E-state index contributed by atoms with van der Waals surface area (Å²) in [6.07, 6.45) is 0. The maximum atomic E-state index is 13.5. The molecule has 0 atom stereocenters. The van der Waals surface area contributed by atoms with Crippen LogP contribution in [0.3, 0.4) is 0 Å². The Morgan fingerprint density at radius 2 is 1.81 bits per heavy atom. The van der Waals surface area contributed by atoms with Crippen LogP contribution in [0.5, 0.6) is 5.75 Å². The summed E-state index contributed by atoms with van der Waals surface area (Å²) in [5.41, 5.74) is -0.360. The minimum Gasteiger partial charge on any atom is -0.488 e. The summed E-state index contributed by atoms with van der Waals surface area (Å²) in [5.74, 6) is -3.04. The lowest BCUT2D eigenvalue weighted by atomic mass is 10.2. The molecule has 0 saturated heterocycles. The Hall–Kier alpha value is -2.09. The van der Waals surface area contributed by atoms with E-state index in [1.807, 2.05) is 0 Å². The standard InChI is InChI=1S/C13H7BrF3NO3/c14-8-4-12(18(19)20)11(17)5-13(8)21-6-7-1-2-9(15)10(16)3-7/h1-5H,6H2. The van der Waals surface area contributed by atoms with Gasteiger partial charge in [0.1, 0.15) is 12.4 Å². The number of nitro benzene ring substituents is 1. The van der Waals surface area contributed by atoms with Gasteiger partial charge < -0.3 is 4.74 Å². The van der Waals surface area contributed by atoms with Crippen molar-refractivity contribution in [2.24, 2.45) is 0 Å². The highest BCUT2D eigenvalue weighted by Crippen LogP contribution is 2.32. The summed E-state index contributed by atoms with van der Waals surface area (Å²) in [7, 11) is 0. The van der Waals surface area contributed by atoms with Gasteiger partial charge >= 0.3 is 5.69 Å². The molecule has 0 aliphatic heterocycles. The Kier molecular flexibility index (Phi) is 4.46. The molecule has 21 heavy (non-hydrogen) atoms. The van der Waals surface area contributed by atoms with Crippen molar-refractivity contribution in [1.82, 2.24) is 0 Å². The first-order chi connectivity index (χ1) is 9.88. The number of benzene rings is 2. The zero-order valence-corrected chi connectivity index (χ0v) is 11.9. The summed E-state index contributed by atoms with van der Waals surface area (Å²) in [6.45, 7) is -0.146. The molecule has 0 amide bonds. The molecule has 0 aliphatic rings. The summed E-state index contributed by atoms with van der Waals surface area (Å²) < 4.78 is 44.7. The van der Waals surface area contributed by atoms with E-state index in [1.54, 1.807) is 0 Å². The molecule has 2 aromatic rings. The molecule has 0 fully saturated rings. The third kappa shape index (κ3) is 3.52. The largest absolute Gasteiger partial charge is 0.488 e. The zero-order chi connectivity index (χ0) is 15.6. The van der Waals surface area contributed by atoms with Crippen LogP contribution in [0.15, 0.2) is 34.8 Å². The quantitative estimate of drug-likeness (QED) is 0.600. The van der Waals surface area contributed by atoms with Gasteiger partial charge in [0.25, 0.3) is 0 Å². The van der Waals surface area contributed by atoms with Gasteiger partial charge in [-0.05, 0) is 33.6 Å². The lowest BCUT2D eigenvalue weighted by Crippen LogP contribution is -2.00. The molecule has 0 heterocycles. The Bertz CT molecular complexity index is 709. The SMILES string of the molecule is O=[N+]([O-])c1cc(Br)c(OCc2ccc(F)c(F)c2)cc1F. The average Bonchev–Trinajstić information content (AvgIpc) is 2.42. The van der Waals surface area contributed by atoms with Crippen LogP contribution in [-0.4, -0.2) is 4.92 Å². The van der Waals surface area contributed by atoms with Crippen LogP contribution in [0.4, 0.5) is 18.9 Å². The number of nitrogens with zero attached hydrogens (tertiary/aromatic N) is 1. The predicted octanol–water partition coefficient (Wildman–Crippen LogP) is 4.35. The van der Waals surface area contributed by atoms with E-state index in [1.165, 1.54) is 6.07 Å². The van der Waals surface area contributed by atoms with Gasteiger partial charge in [0.2, 0.25) is 5.82 Å². The van der Waals surface area contributed by atoms with E-state index in [0.717, 1.165) is 24.3 Å². The molecular formula is C13H7BrF3NO3. The third-order valence-corrected chi connectivity index (χ3v) is 3.20. The van der Waals surface area contributed by atoms with Crippen molar-refractivity contribution in [2.45, 2.75) is 6.61 Å². The minimum absolute atomic E-state index is 0.0165. The second-order valence-corrected chi connectivity index (χ2v) is 4.88. The topological polar surface area (TPSA) is 52.4 Å². The van der Waals surface area contributed by atoms with Crippen molar-refractivity contribution in [3.63, 3.8) is 0 Å². The molecule has 2 rings (SSSR count). The number of halogens is 4. The Morgan fingerprint density at radius 3 is 2.43 bits per heavy atom. The maximum Gasteiger partial charge on any atom is 0.306 e. The smallest absolute Gasteiger partial charge is 0.306 e. The molecule has 8 heteroatoms. The van der Waals surface area contributed by atoms with Crippen molar-refractivity contribution in [1.29, 1.82) is 0 Å². The molecule has 4 nitrogen and oxygen atoms in total. The van der Waals surface area contributed by atoms with Gasteiger partial charge in [-0.15, -0.1) is 0 Å². The van der Waals surface area contributed by atoms with Crippen molar-refractivity contribution < 1.29 is 22.8 Å². The van der Waals surface area contributed by atoms with Gasteiger partial charge in [-0.3, -0.25) is 10.1 Å². The summed E-state index contributed by atoms with van der Waals surface area (Å²) in [5, 5.41) is 10.6. The van der Waals surface area contributed by atoms with Gasteiger partial charge in [-0.2, -0.15) is 4.39 Å². The fraction of sp³-hybridized carbons (Fsp3) is 0.0769. The first kappa shape index (κ1) is 15.3. The van der Waals surface area contributed by atoms with Gasteiger partial charge in [-0.25, -0.2) is 8.78 Å². The summed E-state index contributed by atoms with van der Waals surface area (Å²) in [6, 6.07) is 5.02. The molecule has 0 bridgehead atoms. The highest BCUT2D eigenvalue weighted by atomic mass is 79.9. The number of hydrogen-bond acceptors (Lipinski definition) is 3. The van der Waals surface area contributed by atoms with Crippen molar-refractivity contribution in [3.8, 4) is 5.75 Å². The van der Waals surface area contributed by atoms with Crippen LogP contribution in [0.2, 0.25) is 0 Å². The fourth-order valence-corrected chi connectivity index (χ4v) is 2.00. The summed E-state index contributed by atoms with van der Waals surface area (Å²) >= 11 is 3.02. The van der Waals surface area contributed by atoms with Crippen LogP contribution in [0.1, 0.15) is 5.56 Å². The second kappa shape index (κ2) is 6.13. The molecule has 0 radical (unpaired) electrons. The van der Waals surface area contributed by atoms with Gasteiger partial charge in [-0.1, -0.05) is 6.07 Å². The summed E-state index contributed by atoms with van der Waals surface area (Å²) in [4.78, 5) is 9.70. The average molecular weight is 362 g/mol. The third-order valence-electron chi connectivity index (χ3n) is 2.58. The lowest BCUT2D eigenvalue weighted by molar-refractivity contribution is -0.387. The van der Waals surface area contributed by atoms with Gasteiger partial charge in [0.05, 0.1) is 9.40 Å². The molecule has 0 saturated carbocycles. The van der Waals surface area contributed by atoms with E-state index in [4.69, 9.17) is 4.74 Å². The van der Waals surface area contributed by atoms with Crippen molar-refractivity contribution in [3.05, 3.63) is 67.9 Å². The van der Waals surface area contributed by atoms with Crippen LogP contribution >= 0.6 is 15.9 Å². The molecule has 0 aliphatic carbocycles. The van der Waals surface area contributed by atoms with E-state index in [9.17, 15) is 23.3 Å². The first-order valence-corrected chi connectivity index (χ1v) is 6.38. The minimum atomic E-state index is -1.05. The Morgan fingerprint density at radius 1 is 1.10 bits per heavy atom. The molecule has 0 N–H and O–H groups in total. The molecule has 2 aromatic carbocycles. The van der Waals surface area contributed by atoms with E-state index < -0.39 is 28.1 Å². The lowest BCUT2D eigenvalue weighted by Gasteiger charge is -2.09. The van der Waals surface area contributed by atoms with E-state index in [0.29, 0.717) is 5.56 Å². The molecule has 0 spiro atoms. The predicted molar refractivity (Wildman–Crippen MR) is 71.4 cm³/mol. The van der Waals surface area contributed by atoms with Crippen LogP contribution in [0.25, 0.3) is 0 Å². The zero-order valence-electron chi connectivity index (χ0n) is 10.3. The second-order valence-electron chi connectivity index (χ2n) is 4.03.